The van der Waals surface area contributed by atoms with Gasteiger partial charge in [0.25, 0.3) is 15.9 Å². The maximum absolute atomic E-state index is 13.8. The average molecular weight is 555 g/mol. The Balaban J connectivity index is 1.44. The van der Waals surface area contributed by atoms with Gasteiger partial charge in [-0.1, -0.05) is 60.2 Å². The molecule has 0 bridgehead atoms. The molecule has 0 aliphatic carbocycles. The Labute approximate surface area is 231 Å². The lowest BCUT2D eigenvalue weighted by Gasteiger charge is -2.23. The van der Waals surface area contributed by atoms with E-state index in [0.29, 0.717) is 16.6 Å². The quantitative estimate of drug-likeness (QED) is 0.216. The van der Waals surface area contributed by atoms with Gasteiger partial charge in [0.05, 0.1) is 23.2 Å². The van der Waals surface area contributed by atoms with Gasteiger partial charge >= 0.3 is 0 Å². The highest BCUT2D eigenvalue weighted by molar-refractivity contribution is 7.92. The van der Waals surface area contributed by atoms with Crippen LogP contribution in [0, 0.1) is 6.92 Å². The summed E-state index contributed by atoms with van der Waals surface area (Å²) in [5.41, 5.74) is 3.70. The first kappa shape index (κ1) is 26.6. The number of benzene rings is 4. The van der Waals surface area contributed by atoms with Crippen LogP contribution in [0.1, 0.15) is 5.56 Å². The molecule has 1 aromatic heterocycles. The fourth-order valence-electron chi connectivity index (χ4n) is 4.23. The van der Waals surface area contributed by atoms with Crippen molar-refractivity contribution in [1.82, 2.24) is 4.98 Å². The van der Waals surface area contributed by atoms with Gasteiger partial charge in [-0.05, 0) is 60.5 Å². The molecule has 5 aromatic rings. The lowest BCUT2D eigenvalue weighted by Crippen LogP contribution is -2.35. The van der Waals surface area contributed by atoms with Crippen LogP contribution in [0.5, 0.6) is 11.6 Å². The van der Waals surface area contributed by atoms with E-state index in [1.165, 1.54) is 12.1 Å². The van der Waals surface area contributed by atoms with Gasteiger partial charge in [0.2, 0.25) is 5.88 Å². The summed E-state index contributed by atoms with van der Waals surface area (Å²) >= 11 is 0. The van der Waals surface area contributed by atoms with E-state index in [0.717, 1.165) is 26.7 Å². The van der Waals surface area contributed by atoms with E-state index >= 15 is 0 Å². The van der Waals surface area contributed by atoms with Crippen molar-refractivity contribution in [3.05, 3.63) is 103 Å². The van der Waals surface area contributed by atoms with Crippen molar-refractivity contribution < 1.29 is 23.1 Å². The maximum atomic E-state index is 13.8. The van der Waals surface area contributed by atoms with E-state index in [-0.39, 0.29) is 16.5 Å². The zero-order valence-electron chi connectivity index (χ0n) is 21.8. The second kappa shape index (κ2) is 11.0. The molecule has 0 radical (unpaired) electrons. The number of para-hydroxylation sites is 1. The fourth-order valence-corrected chi connectivity index (χ4v) is 5.64. The molecule has 0 aliphatic heterocycles. The highest BCUT2D eigenvalue weighted by Gasteiger charge is 2.27. The molecule has 40 heavy (non-hydrogen) atoms. The summed E-state index contributed by atoms with van der Waals surface area (Å²) in [5, 5.41) is 18.4. The van der Waals surface area contributed by atoms with Crippen molar-refractivity contribution in [2.45, 2.75) is 11.8 Å². The molecule has 9 nitrogen and oxygen atoms in total. The van der Waals surface area contributed by atoms with Crippen LogP contribution < -0.4 is 9.04 Å². The van der Waals surface area contributed by atoms with Crippen LogP contribution in [0.3, 0.4) is 0 Å². The number of amides is 1. The minimum absolute atomic E-state index is 0.0179. The van der Waals surface area contributed by atoms with E-state index in [2.05, 4.69) is 15.2 Å². The molecule has 202 valence electrons. The molecule has 0 saturated carbocycles. The number of nitrogens with zero attached hydrogens (tertiary/aromatic N) is 3. The number of ether oxygens (including phenoxy) is 1. The number of aromatic nitrogens is 1. The van der Waals surface area contributed by atoms with Gasteiger partial charge in [-0.15, -0.1) is 10.2 Å². The lowest BCUT2D eigenvalue weighted by molar-refractivity contribution is -0.116. The van der Waals surface area contributed by atoms with Crippen molar-refractivity contribution in [3.63, 3.8) is 0 Å². The number of hydrogen-bond donors (Lipinski definition) is 2. The van der Waals surface area contributed by atoms with E-state index in [9.17, 15) is 18.3 Å². The third kappa shape index (κ3) is 5.43. The molecular formula is C30H26N4O5S. The number of fused-ring (bicyclic) bond motifs is 1. The molecule has 4 aromatic carbocycles. The van der Waals surface area contributed by atoms with Crippen LogP contribution in [-0.4, -0.2) is 38.1 Å². The van der Waals surface area contributed by atoms with E-state index in [1.54, 1.807) is 67.8 Å². The predicted molar refractivity (Wildman–Crippen MR) is 154 cm³/mol. The Morgan fingerprint density at radius 1 is 0.900 bits per heavy atom. The maximum Gasteiger partial charge on any atom is 0.285 e. The zero-order chi connectivity index (χ0) is 28.3. The van der Waals surface area contributed by atoms with Crippen molar-refractivity contribution in [3.8, 4) is 22.8 Å². The first-order valence-electron chi connectivity index (χ1n) is 12.3. The van der Waals surface area contributed by atoms with Gasteiger partial charge < -0.3 is 14.8 Å². The third-order valence-electron chi connectivity index (χ3n) is 6.39. The smallest absolute Gasteiger partial charge is 0.285 e. The second-order valence-corrected chi connectivity index (χ2v) is 10.9. The number of aromatic amines is 1. The minimum Gasteiger partial charge on any atom is -0.497 e. The third-order valence-corrected chi connectivity index (χ3v) is 8.18. The first-order chi connectivity index (χ1) is 19.3. The lowest BCUT2D eigenvalue weighted by atomic mass is 10.1. The molecule has 0 aliphatic rings. The summed E-state index contributed by atoms with van der Waals surface area (Å²) < 4.78 is 33.8. The molecule has 10 heteroatoms. The summed E-state index contributed by atoms with van der Waals surface area (Å²) in [6, 6.07) is 27.7. The van der Waals surface area contributed by atoms with E-state index in [4.69, 9.17) is 4.74 Å². The normalized spacial score (nSPS) is 11.7. The molecule has 2 N–H and O–H groups in total. The van der Waals surface area contributed by atoms with Crippen molar-refractivity contribution in [1.29, 1.82) is 0 Å². The molecule has 1 amide bonds. The summed E-state index contributed by atoms with van der Waals surface area (Å²) in [7, 11) is -2.56. The van der Waals surface area contributed by atoms with E-state index in [1.807, 2.05) is 31.2 Å². The predicted octanol–water partition coefficient (Wildman–Crippen LogP) is 6.36. The number of anilines is 1. The molecule has 0 unspecified atom stereocenters. The van der Waals surface area contributed by atoms with Gasteiger partial charge in [-0.3, -0.25) is 9.10 Å². The van der Waals surface area contributed by atoms with Crippen molar-refractivity contribution in [2.24, 2.45) is 10.2 Å². The molecule has 0 fully saturated rings. The highest BCUT2D eigenvalue weighted by Crippen LogP contribution is 2.35. The van der Waals surface area contributed by atoms with Gasteiger partial charge in [-0.2, -0.15) is 0 Å². The number of aryl methyl sites for hydroxylation is 1. The SMILES string of the molecule is COc1ccc(-c2ccc(S(=O)(=O)N(CC(=O)N=Nc3c(O)[nH]c4ccccc34)c3ccc(C)cc3)cc2)cc1. The summed E-state index contributed by atoms with van der Waals surface area (Å²) in [6.07, 6.45) is 0. The number of nitrogens with one attached hydrogen (secondary N) is 1. The van der Waals surface area contributed by atoms with Gasteiger partial charge in [0.15, 0.2) is 5.69 Å². The van der Waals surface area contributed by atoms with Crippen molar-refractivity contribution in [2.75, 3.05) is 18.0 Å². The van der Waals surface area contributed by atoms with Gasteiger partial charge in [-0.25, -0.2) is 8.42 Å². The molecule has 0 saturated heterocycles. The van der Waals surface area contributed by atoms with Gasteiger partial charge in [0.1, 0.15) is 12.3 Å². The topological polar surface area (TPSA) is 124 Å². The number of methoxy groups -OCH3 is 1. The molecule has 0 spiro atoms. The Morgan fingerprint density at radius 3 is 2.17 bits per heavy atom. The highest BCUT2D eigenvalue weighted by atomic mass is 32.2. The summed E-state index contributed by atoms with van der Waals surface area (Å²) in [5.74, 6) is -0.320. The number of carbonyl (C=O) groups is 1. The minimum atomic E-state index is -4.15. The number of hydrogen-bond acceptors (Lipinski definition) is 6. The Kier molecular flexibility index (Phi) is 7.35. The van der Waals surface area contributed by atoms with Crippen LogP contribution in [0.15, 0.2) is 112 Å². The largest absolute Gasteiger partial charge is 0.497 e. The monoisotopic (exact) mass is 554 g/mol. The van der Waals surface area contributed by atoms with Crippen LogP contribution >= 0.6 is 0 Å². The average Bonchev–Trinajstić information content (AvgIpc) is 3.30. The zero-order valence-corrected chi connectivity index (χ0v) is 22.6. The number of azo groups is 1. The molecule has 1 heterocycles. The number of aromatic hydroxyl groups is 1. The molecule has 0 atom stereocenters. The summed E-state index contributed by atoms with van der Waals surface area (Å²) in [6.45, 7) is 1.30. The van der Waals surface area contributed by atoms with E-state index < -0.39 is 22.5 Å². The second-order valence-electron chi connectivity index (χ2n) is 9.06. The Bertz CT molecular complexity index is 1790. The van der Waals surface area contributed by atoms with Crippen LogP contribution in [0.2, 0.25) is 0 Å². The number of rotatable bonds is 8. The van der Waals surface area contributed by atoms with Crippen LogP contribution in [0.25, 0.3) is 22.0 Å². The standard InChI is InChI=1S/C30H26N4O5S/c1-20-7-13-23(14-8-20)34(19-28(35)32-33-29-26-5-3-4-6-27(26)31-30(29)36)40(37,38)25-17-11-22(12-18-25)21-9-15-24(39-2)16-10-21/h3-18,31,36H,19H2,1-2H3. The molecular weight excluding hydrogens is 528 g/mol. The fraction of sp³-hybridized carbons (Fsp3) is 0.100. The number of carbonyl (C=O) groups excluding carboxylic acids is 1. The Morgan fingerprint density at radius 2 is 1.52 bits per heavy atom. The number of sulfonamides is 1. The summed E-state index contributed by atoms with van der Waals surface area (Å²) in [4.78, 5) is 15.7. The number of H-pyrrole nitrogens is 1. The van der Waals surface area contributed by atoms with Crippen LogP contribution in [0.4, 0.5) is 11.4 Å². The van der Waals surface area contributed by atoms with Gasteiger partial charge in [0, 0.05) is 5.39 Å². The van der Waals surface area contributed by atoms with Crippen LogP contribution in [-0.2, 0) is 14.8 Å². The Hall–Kier alpha value is -4.96. The van der Waals surface area contributed by atoms with Crippen molar-refractivity contribution >= 4 is 38.2 Å². The first-order valence-corrected chi connectivity index (χ1v) is 13.8. The molecule has 5 rings (SSSR count).